The van der Waals surface area contributed by atoms with Crippen molar-refractivity contribution in [1.82, 2.24) is 0 Å². The van der Waals surface area contributed by atoms with Crippen molar-refractivity contribution in [2.24, 2.45) is 11.8 Å². The first-order valence-corrected chi connectivity index (χ1v) is 10.1. The summed E-state index contributed by atoms with van der Waals surface area (Å²) in [5.41, 5.74) is 0.412. The van der Waals surface area contributed by atoms with Crippen LogP contribution in [0.1, 0.15) is 84.9 Å². The Bertz CT molecular complexity index is 677. The largest absolute Gasteiger partial charge is 0.455 e. The molecule has 0 aromatic heterocycles. The minimum Gasteiger partial charge on any atom is -0.455 e. The maximum absolute atomic E-state index is 12.7. The van der Waals surface area contributed by atoms with E-state index < -0.39 is 0 Å². The second-order valence-electron chi connectivity index (χ2n) is 9.02. The maximum atomic E-state index is 12.7. The van der Waals surface area contributed by atoms with Crippen molar-refractivity contribution in [1.29, 1.82) is 0 Å². The minimum atomic E-state index is -0.304. The fraction of sp³-hybridized carbons (Fsp3) is 0.636. The lowest BCUT2D eigenvalue weighted by Gasteiger charge is -2.27. The van der Waals surface area contributed by atoms with Crippen molar-refractivity contribution >= 4 is 11.9 Å². The van der Waals surface area contributed by atoms with Gasteiger partial charge in [-0.15, -0.1) is 0 Å². The highest BCUT2D eigenvalue weighted by Gasteiger charge is 2.49. The summed E-state index contributed by atoms with van der Waals surface area (Å²) < 4.78 is 11.8. The smallest absolute Gasteiger partial charge is 0.338 e. The first-order chi connectivity index (χ1) is 12.5. The van der Waals surface area contributed by atoms with E-state index in [2.05, 4.69) is 0 Å². The molecule has 0 heterocycles. The summed E-state index contributed by atoms with van der Waals surface area (Å²) in [7, 11) is 0. The van der Waals surface area contributed by atoms with E-state index in [9.17, 15) is 9.59 Å². The van der Waals surface area contributed by atoms with Crippen LogP contribution in [0.15, 0.2) is 24.3 Å². The Morgan fingerprint density at radius 1 is 0.769 bits per heavy atom. The van der Waals surface area contributed by atoms with Crippen LogP contribution in [0, 0.1) is 11.8 Å². The number of hydrogen-bond acceptors (Lipinski definition) is 4. The Labute approximate surface area is 154 Å². The lowest BCUT2D eigenvalue weighted by molar-refractivity contribution is -0.0131. The zero-order valence-electron chi connectivity index (χ0n) is 15.2. The van der Waals surface area contributed by atoms with Gasteiger partial charge in [-0.05, 0) is 94.2 Å². The van der Waals surface area contributed by atoms with Crippen molar-refractivity contribution in [3.63, 3.8) is 0 Å². The molecule has 4 bridgehead atoms. The molecule has 26 heavy (non-hydrogen) atoms. The van der Waals surface area contributed by atoms with Crippen molar-refractivity contribution in [3.8, 4) is 0 Å². The molecule has 4 fully saturated rings. The molecule has 4 aliphatic carbocycles. The van der Waals surface area contributed by atoms with Crippen LogP contribution < -0.4 is 0 Å². The van der Waals surface area contributed by atoms with Crippen LogP contribution in [0.4, 0.5) is 0 Å². The van der Waals surface area contributed by atoms with Crippen LogP contribution in [0.5, 0.6) is 0 Å². The molecular formula is C22H26O4. The summed E-state index contributed by atoms with van der Waals surface area (Å²) in [6.45, 7) is 0. The molecule has 0 aliphatic heterocycles. The van der Waals surface area contributed by atoms with Gasteiger partial charge in [0.05, 0.1) is 11.1 Å². The highest BCUT2D eigenvalue weighted by atomic mass is 16.6. The second-order valence-corrected chi connectivity index (χ2v) is 9.02. The fourth-order valence-electron chi connectivity index (χ4n) is 5.85. The van der Waals surface area contributed by atoms with Gasteiger partial charge in [-0.25, -0.2) is 9.59 Å². The van der Waals surface area contributed by atoms with Gasteiger partial charge >= 0.3 is 11.9 Å². The average molecular weight is 354 g/mol. The fourth-order valence-corrected chi connectivity index (χ4v) is 5.85. The molecule has 4 saturated carbocycles. The van der Waals surface area contributed by atoms with E-state index >= 15 is 0 Å². The van der Waals surface area contributed by atoms with Crippen LogP contribution in [-0.2, 0) is 9.47 Å². The molecule has 4 nitrogen and oxygen atoms in total. The number of carbonyl (C=O) groups is 2. The van der Waals surface area contributed by atoms with E-state index in [4.69, 9.17) is 9.47 Å². The Morgan fingerprint density at radius 2 is 1.19 bits per heavy atom. The molecule has 0 unspecified atom stereocenters. The van der Waals surface area contributed by atoms with Crippen molar-refractivity contribution in [2.45, 2.75) is 75.4 Å². The number of ether oxygens (including phenoxy) is 2. The Hall–Kier alpha value is -1.84. The second kappa shape index (κ2) is 5.83. The van der Waals surface area contributed by atoms with E-state index in [1.807, 2.05) is 0 Å². The molecule has 4 aliphatic rings. The summed E-state index contributed by atoms with van der Waals surface area (Å²) in [6, 6.07) is 6.86. The van der Waals surface area contributed by atoms with E-state index in [1.54, 1.807) is 24.3 Å². The number of rotatable bonds is 4. The first-order valence-electron chi connectivity index (χ1n) is 10.1. The Morgan fingerprint density at radius 3 is 1.54 bits per heavy atom. The molecule has 0 spiro atoms. The molecule has 0 atom stereocenters. The number of fused-ring (bicyclic) bond motifs is 4. The van der Waals surface area contributed by atoms with Crippen LogP contribution in [0.25, 0.3) is 0 Å². The Balaban J connectivity index is 1.29. The van der Waals surface area contributed by atoms with E-state index in [0.717, 1.165) is 50.4 Å². The third-order valence-corrected chi connectivity index (χ3v) is 7.31. The molecular weight excluding hydrogens is 328 g/mol. The number of benzene rings is 1. The SMILES string of the molecule is O=C(OC12CCC(CC1)C2)c1cccc(C(=O)OC23CCC(CC2)C3)c1. The van der Waals surface area contributed by atoms with Gasteiger partial charge in [0.25, 0.3) is 0 Å². The summed E-state index contributed by atoms with van der Waals surface area (Å²) in [6.07, 6.45) is 10.6. The molecule has 1 aromatic rings. The van der Waals surface area contributed by atoms with Crippen molar-refractivity contribution < 1.29 is 19.1 Å². The number of esters is 2. The Kier molecular flexibility index (Phi) is 3.67. The van der Waals surface area contributed by atoms with Gasteiger partial charge in [0.15, 0.2) is 0 Å². The van der Waals surface area contributed by atoms with Crippen LogP contribution in [-0.4, -0.2) is 23.1 Å². The molecule has 4 heteroatoms. The third-order valence-electron chi connectivity index (χ3n) is 7.31. The van der Waals surface area contributed by atoms with Gasteiger partial charge in [0.2, 0.25) is 0 Å². The van der Waals surface area contributed by atoms with E-state index in [-0.39, 0.29) is 23.1 Å². The van der Waals surface area contributed by atoms with Gasteiger partial charge in [-0.2, -0.15) is 0 Å². The van der Waals surface area contributed by atoms with Gasteiger partial charge in [-0.3, -0.25) is 0 Å². The molecule has 1 aromatic carbocycles. The normalized spacial score (nSPS) is 37.1. The molecule has 0 N–H and O–H groups in total. The zero-order valence-corrected chi connectivity index (χ0v) is 15.2. The summed E-state index contributed by atoms with van der Waals surface area (Å²) >= 11 is 0. The first kappa shape index (κ1) is 16.3. The predicted molar refractivity (Wildman–Crippen MR) is 95.9 cm³/mol. The molecule has 0 radical (unpaired) electrons. The van der Waals surface area contributed by atoms with Gasteiger partial charge in [0, 0.05) is 0 Å². The summed E-state index contributed by atoms with van der Waals surface area (Å²) in [5.74, 6) is 0.847. The highest BCUT2D eigenvalue weighted by molar-refractivity contribution is 5.95. The molecule has 0 amide bonds. The van der Waals surface area contributed by atoms with Crippen LogP contribution in [0.2, 0.25) is 0 Å². The summed E-state index contributed by atoms with van der Waals surface area (Å²) in [4.78, 5) is 25.3. The molecule has 0 saturated heterocycles. The zero-order chi connectivity index (χ0) is 17.8. The summed E-state index contributed by atoms with van der Waals surface area (Å²) in [5, 5.41) is 0. The minimum absolute atomic E-state index is 0.250. The topological polar surface area (TPSA) is 52.6 Å². The van der Waals surface area contributed by atoms with Gasteiger partial charge in [0.1, 0.15) is 11.2 Å². The van der Waals surface area contributed by atoms with Gasteiger partial charge < -0.3 is 9.47 Å². The van der Waals surface area contributed by atoms with Crippen molar-refractivity contribution in [2.75, 3.05) is 0 Å². The third kappa shape index (κ3) is 2.74. The monoisotopic (exact) mass is 354 g/mol. The van der Waals surface area contributed by atoms with Gasteiger partial charge in [-0.1, -0.05) is 6.07 Å². The van der Waals surface area contributed by atoms with Crippen LogP contribution in [0.3, 0.4) is 0 Å². The lowest BCUT2D eigenvalue weighted by Crippen LogP contribution is -2.31. The van der Waals surface area contributed by atoms with E-state index in [1.165, 1.54) is 25.7 Å². The standard InChI is InChI=1S/C22H26O4/c23-19(25-21-8-4-15(13-21)5-9-21)17-2-1-3-18(12-17)20(24)26-22-10-6-16(14-22)7-11-22/h1-3,12,15-16H,4-11,13-14H2. The lowest BCUT2D eigenvalue weighted by atomic mass is 9.97. The molecule has 5 rings (SSSR count). The van der Waals surface area contributed by atoms with Crippen LogP contribution >= 0.6 is 0 Å². The molecule has 138 valence electrons. The maximum Gasteiger partial charge on any atom is 0.338 e. The average Bonchev–Trinajstić information content (AvgIpc) is 3.42. The number of hydrogen-bond donors (Lipinski definition) is 0. The quantitative estimate of drug-likeness (QED) is 0.738. The number of carbonyl (C=O) groups excluding carboxylic acids is 2. The van der Waals surface area contributed by atoms with Crippen molar-refractivity contribution in [3.05, 3.63) is 35.4 Å². The van der Waals surface area contributed by atoms with E-state index in [0.29, 0.717) is 11.1 Å². The highest BCUT2D eigenvalue weighted by Crippen LogP contribution is 2.51. The predicted octanol–water partition coefficient (Wildman–Crippen LogP) is 4.67.